The van der Waals surface area contributed by atoms with Gasteiger partial charge in [-0.05, 0) is 67.3 Å². The number of hydrogen-bond donors (Lipinski definition) is 0. The molecule has 0 N–H and O–H groups in total. The van der Waals surface area contributed by atoms with Crippen molar-refractivity contribution in [3.05, 3.63) is 115 Å². The summed E-state index contributed by atoms with van der Waals surface area (Å²) < 4.78 is 19.9. The number of benzene rings is 3. The van der Waals surface area contributed by atoms with Gasteiger partial charge < -0.3 is 9.32 Å². The number of para-hydroxylation sites is 1. The molecule has 2 aromatic heterocycles. The van der Waals surface area contributed by atoms with E-state index in [0.29, 0.717) is 28.2 Å². The minimum atomic E-state index is -1.86. The van der Waals surface area contributed by atoms with Gasteiger partial charge in [0.25, 0.3) is 11.8 Å². The van der Waals surface area contributed by atoms with Gasteiger partial charge in [-0.25, -0.2) is 4.39 Å². The maximum absolute atomic E-state index is 14.9. The van der Waals surface area contributed by atoms with E-state index in [0.717, 1.165) is 17.5 Å². The van der Waals surface area contributed by atoms with Crippen LogP contribution < -0.4 is 15.2 Å². The number of hydrogen-bond acceptors (Lipinski definition) is 7. The highest BCUT2D eigenvalue weighted by Gasteiger charge is 2.66. The van der Waals surface area contributed by atoms with Gasteiger partial charge in [-0.1, -0.05) is 48.6 Å². The van der Waals surface area contributed by atoms with Crippen LogP contribution in [0.2, 0.25) is 0 Å². The topological polar surface area (TPSA) is 96.6 Å². The third kappa shape index (κ3) is 3.54. The molecule has 4 heterocycles. The van der Waals surface area contributed by atoms with Gasteiger partial charge in [0.05, 0.1) is 23.2 Å². The highest BCUT2D eigenvalue weighted by molar-refractivity contribution is 7.15. The summed E-state index contributed by atoms with van der Waals surface area (Å²) in [5, 5.41) is 9.83. The van der Waals surface area contributed by atoms with Crippen LogP contribution in [0.3, 0.4) is 0 Å². The van der Waals surface area contributed by atoms with E-state index in [1.165, 1.54) is 33.3 Å². The van der Waals surface area contributed by atoms with Gasteiger partial charge in [-0.2, -0.15) is 0 Å². The van der Waals surface area contributed by atoms with E-state index in [-0.39, 0.29) is 39.8 Å². The molecule has 0 saturated carbocycles. The van der Waals surface area contributed by atoms with Crippen LogP contribution >= 0.6 is 11.3 Å². The van der Waals surface area contributed by atoms with Crippen molar-refractivity contribution in [3.63, 3.8) is 0 Å². The van der Waals surface area contributed by atoms with E-state index >= 15 is 0 Å². The predicted octanol–water partition coefficient (Wildman–Crippen LogP) is 5.80. The van der Waals surface area contributed by atoms with Crippen molar-refractivity contribution in [2.75, 3.05) is 9.80 Å². The molecule has 5 aromatic rings. The smallest absolute Gasteiger partial charge is 0.297 e. The zero-order valence-corrected chi connectivity index (χ0v) is 23.9. The molecule has 2 amide bonds. The van der Waals surface area contributed by atoms with Crippen molar-refractivity contribution in [2.24, 2.45) is 0 Å². The lowest BCUT2D eigenvalue weighted by atomic mass is 9.84. The van der Waals surface area contributed by atoms with E-state index < -0.39 is 22.8 Å². The number of fused-ring (bicyclic) bond motifs is 5. The standard InChI is InChI=1S/C32H25FN4O4S/c1-4-7-25-34-35-31(42-25)37-29(39)28-26(27(38)21-14-17(2)18(3)15-24(21)41-28)32(37)22-8-5-6-9-23(22)36(30(32)40)16-19-10-12-20(33)13-11-19/h5-6,8-15H,4,7,16H2,1-3H3. The zero-order valence-electron chi connectivity index (χ0n) is 23.1. The van der Waals surface area contributed by atoms with Crippen LogP contribution in [0.1, 0.15) is 56.7 Å². The Balaban J connectivity index is 1.54. The fraction of sp³-hybridized carbons (Fsp3) is 0.219. The summed E-state index contributed by atoms with van der Waals surface area (Å²) in [7, 11) is 0. The highest BCUT2D eigenvalue weighted by Crippen LogP contribution is 2.54. The van der Waals surface area contributed by atoms with Gasteiger partial charge >= 0.3 is 0 Å². The van der Waals surface area contributed by atoms with Crippen LogP contribution in [0.5, 0.6) is 0 Å². The molecule has 3 aromatic carbocycles. The van der Waals surface area contributed by atoms with Crippen LogP contribution in [0.15, 0.2) is 69.9 Å². The second kappa shape index (κ2) is 9.42. The fourth-order valence-electron chi connectivity index (χ4n) is 6.00. The number of aromatic nitrogens is 2. The Kier molecular flexibility index (Phi) is 5.88. The lowest BCUT2D eigenvalue weighted by Gasteiger charge is -2.32. The Morgan fingerprint density at radius 2 is 1.71 bits per heavy atom. The minimum absolute atomic E-state index is 0.0328. The summed E-state index contributed by atoms with van der Waals surface area (Å²) in [5.41, 5.74) is 1.41. The van der Waals surface area contributed by atoms with Gasteiger partial charge in [0.15, 0.2) is 11.0 Å². The molecule has 0 aliphatic carbocycles. The van der Waals surface area contributed by atoms with Crippen LogP contribution in [0, 0.1) is 19.7 Å². The predicted molar refractivity (Wildman–Crippen MR) is 157 cm³/mol. The van der Waals surface area contributed by atoms with Crippen LogP contribution in [-0.2, 0) is 23.3 Å². The molecule has 1 atom stereocenters. The SMILES string of the molecule is CCCc1nnc(N2C(=O)c3oc4cc(C)c(C)cc4c(=O)c3C23C(=O)N(Cc2ccc(F)cc2)c2ccccc23)s1. The number of carbonyl (C=O) groups is 2. The van der Waals surface area contributed by atoms with Crippen LogP contribution in [0.25, 0.3) is 11.0 Å². The third-order valence-corrected chi connectivity index (χ3v) is 9.07. The van der Waals surface area contributed by atoms with Crippen molar-refractivity contribution in [1.29, 1.82) is 0 Å². The lowest BCUT2D eigenvalue weighted by molar-refractivity contribution is -0.121. The largest absolute Gasteiger partial charge is 0.450 e. The molecule has 1 unspecified atom stereocenters. The Morgan fingerprint density at radius 1 is 0.976 bits per heavy atom. The highest BCUT2D eigenvalue weighted by atomic mass is 32.1. The first-order valence-electron chi connectivity index (χ1n) is 13.7. The van der Waals surface area contributed by atoms with Crippen molar-refractivity contribution < 1.29 is 18.4 Å². The summed E-state index contributed by atoms with van der Waals surface area (Å²) in [6.45, 7) is 5.91. The first-order valence-corrected chi connectivity index (χ1v) is 14.5. The number of amides is 2. The van der Waals surface area contributed by atoms with Crippen molar-refractivity contribution in [2.45, 2.75) is 45.7 Å². The number of carbonyl (C=O) groups excluding carboxylic acids is 2. The molecule has 8 nitrogen and oxygen atoms in total. The average molecular weight is 581 g/mol. The fourth-order valence-corrected chi connectivity index (χ4v) is 6.99. The number of rotatable bonds is 5. The minimum Gasteiger partial charge on any atom is -0.450 e. The first-order chi connectivity index (χ1) is 20.2. The molecule has 7 rings (SSSR count). The van der Waals surface area contributed by atoms with Gasteiger partial charge in [-0.3, -0.25) is 19.3 Å². The number of nitrogens with zero attached hydrogens (tertiary/aromatic N) is 4. The third-order valence-electron chi connectivity index (χ3n) is 8.11. The summed E-state index contributed by atoms with van der Waals surface area (Å²) in [4.78, 5) is 46.6. The summed E-state index contributed by atoms with van der Waals surface area (Å²) in [6.07, 6.45) is 1.48. The van der Waals surface area contributed by atoms with Crippen molar-refractivity contribution in [3.8, 4) is 0 Å². The van der Waals surface area contributed by atoms with Crippen LogP contribution in [0.4, 0.5) is 15.2 Å². The second-order valence-electron chi connectivity index (χ2n) is 10.7. The Morgan fingerprint density at radius 3 is 2.48 bits per heavy atom. The number of halogens is 1. The maximum atomic E-state index is 14.9. The molecule has 10 heteroatoms. The Hall–Kier alpha value is -4.70. The van der Waals surface area contributed by atoms with E-state index in [4.69, 9.17) is 4.42 Å². The summed E-state index contributed by atoms with van der Waals surface area (Å²) in [5.74, 6) is -1.70. The number of aryl methyl sites for hydroxylation is 3. The molecule has 210 valence electrons. The number of anilines is 2. The molecular formula is C32H25FN4O4S. The molecule has 1 spiro atoms. The molecule has 0 saturated heterocycles. The normalized spacial score (nSPS) is 17.5. The molecule has 2 aliphatic heterocycles. The first kappa shape index (κ1) is 26.2. The zero-order chi connectivity index (χ0) is 29.3. The van der Waals surface area contributed by atoms with Crippen LogP contribution in [-0.4, -0.2) is 22.0 Å². The summed E-state index contributed by atoms with van der Waals surface area (Å²) in [6, 6.07) is 16.5. The van der Waals surface area contributed by atoms with Gasteiger partial charge in [0.2, 0.25) is 10.9 Å². The average Bonchev–Trinajstić information content (AvgIpc) is 3.61. The van der Waals surface area contributed by atoms with Gasteiger partial charge in [0.1, 0.15) is 16.4 Å². The molecular weight excluding hydrogens is 555 g/mol. The van der Waals surface area contributed by atoms with Crippen molar-refractivity contribution >= 4 is 44.9 Å². The van der Waals surface area contributed by atoms with Gasteiger partial charge in [-0.15, -0.1) is 10.2 Å². The monoisotopic (exact) mass is 580 g/mol. The Labute approximate surface area is 244 Å². The second-order valence-corrected chi connectivity index (χ2v) is 11.7. The Bertz CT molecular complexity index is 2000. The van der Waals surface area contributed by atoms with Gasteiger partial charge in [0, 0.05) is 12.0 Å². The molecule has 0 fully saturated rings. The van der Waals surface area contributed by atoms with E-state index in [2.05, 4.69) is 10.2 Å². The molecule has 0 radical (unpaired) electrons. The molecule has 2 aliphatic rings. The molecule has 42 heavy (non-hydrogen) atoms. The lowest BCUT2D eigenvalue weighted by Crippen LogP contribution is -2.53. The van der Waals surface area contributed by atoms with E-state index in [1.54, 1.807) is 48.5 Å². The molecule has 0 bridgehead atoms. The van der Waals surface area contributed by atoms with E-state index in [9.17, 15) is 18.8 Å². The van der Waals surface area contributed by atoms with E-state index in [1.807, 2.05) is 20.8 Å². The maximum Gasteiger partial charge on any atom is 0.297 e. The van der Waals surface area contributed by atoms with Crippen molar-refractivity contribution in [1.82, 2.24) is 10.2 Å². The summed E-state index contributed by atoms with van der Waals surface area (Å²) >= 11 is 1.22. The quantitative estimate of drug-likeness (QED) is 0.261.